The highest BCUT2D eigenvalue weighted by Gasteiger charge is 2.11. The predicted octanol–water partition coefficient (Wildman–Crippen LogP) is 5.00. The summed E-state index contributed by atoms with van der Waals surface area (Å²) >= 11 is 0. The standard InChI is InChI=1S/C22H23N5/c1-3-4-13-27(2)22-25-20(18-10-6-5-7-11-18)15-21(26-22)24-19-12-8-9-17(14-19)16-23/h5-12,14-15H,3-4,13H2,1-2H3,(H,24,25,26). The molecule has 0 radical (unpaired) electrons. The van der Waals surface area contributed by atoms with Gasteiger partial charge in [-0.15, -0.1) is 0 Å². The maximum absolute atomic E-state index is 9.11. The van der Waals surface area contributed by atoms with E-state index in [1.165, 1.54) is 0 Å². The van der Waals surface area contributed by atoms with E-state index in [-0.39, 0.29) is 0 Å². The Morgan fingerprint density at radius 2 is 1.85 bits per heavy atom. The first-order valence-corrected chi connectivity index (χ1v) is 9.12. The molecule has 27 heavy (non-hydrogen) atoms. The summed E-state index contributed by atoms with van der Waals surface area (Å²) in [7, 11) is 2.01. The summed E-state index contributed by atoms with van der Waals surface area (Å²) in [4.78, 5) is 11.5. The second-order valence-corrected chi connectivity index (χ2v) is 6.40. The molecular weight excluding hydrogens is 334 g/mol. The van der Waals surface area contributed by atoms with Crippen LogP contribution in [0.4, 0.5) is 17.5 Å². The lowest BCUT2D eigenvalue weighted by Gasteiger charge is -2.19. The summed E-state index contributed by atoms with van der Waals surface area (Å²) in [6.45, 7) is 3.07. The van der Waals surface area contributed by atoms with Crippen molar-refractivity contribution in [3.8, 4) is 17.3 Å². The third kappa shape index (κ3) is 4.83. The topological polar surface area (TPSA) is 64.8 Å². The molecule has 0 aliphatic carbocycles. The van der Waals surface area contributed by atoms with Crippen LogP contribution in [0.25, 0.3) is 11.3 Å². The Balaban J connectivity index is 1.97. The second-order valence-electron chi connectivity index (χ2n) is 6.40. The van der Waals surface area contributed by atoms with Crippen molar-refractivity contribution in [3.63, 3.8) is 0 Å². The van der Waals surface area contributed by atoms with Gasteiger partial charge in [0.2, 0.25) is 5.95 Å². The summed E-state index contributed by atoms with van der Waals surface area (Å²) < 4.78 is 0. The Kier molecular flexibility index (Phi) is 6.01. The molecule has 0 aliphatic rings. The molecule has 1 N–H and O–H groups in total. The normalized spacial score (nSPS) is 10.3. The van der Waals surface area contributed by atoms with Crippen LogP contribution < -0.4 is 10.2 Å². The molecule has 0 fully saturated rings. The van der Waals surface area contributed by atoms with Crippen LogP contribution in [0.2, 0.25) is 0 Å². The lowest BCUT2D eigenvalue weighted by atomic mass is 10.1. The number of anilines is 3. The van der Waals surface area contributed by atoms with Crippen molar-refractivity contribution in [2.24, 2.45) is 0 Å². The van der Waals surface area contributed by atoms with Gasteiger partial charge in [0.25, 0.3) is 0 Å². The van der Waals surface area contributed by atoms with Crippen molar-refractivity contribution in [1.82, 2.24) is 9.97 Å². The molecule has 0 saturated heterocycles. The number of aromatic nitrogens is 2. The maximum atomic E-state index is 9.11. The van der Waals surface area contributed by atoms with Crippen LogP contribution in [-0.4, -0.2) is 23.6 Å². The number of nitrogens with zero attached hydrogens (tertiary/aromatic N) is 4. The van der Waals surface area contributed by atoms with Gasteiger partial charge in [-0.3, -0.25) is 0 Å². The number of hydrogen-bond donors (Lipinski definition) is 1. The van der Waals surface area contributed by atoms with E-state index in [2.05, 4.69) is 28.2 Å². The Morgan fingerprint density at radius 1 is 1.04 bits per heavy atom. The molecule has 136 valence electrons. The van der Waals surface area contributed by atoms with Gasteiger partial charge in [-0.2, -0.15) is 10.2 Å². The van der Waals surface area contributed by atoms with Crippen LogP contribution in [-0.2, 0) is 0 Å². The minimum Gasteiger partial charge on any atom is -0.344 e. The molecule has 0 spiro atoms. The zero-order valence-corrected chi connectivity index (χ0v) is 15.7. The highest BCUT2D eigenvalue weighted by Crippen LogP contribution is 2.25. The Labute approximate surface area is 160 Å². The molecule has 1 heterocycles. The Hall–Kier alpha value is -3.39. The zero-order chi connectivity index (χ0) is 19.1. The first-order valence-electron chi connectivity index (χ1n) is 9.12. The third-order valence-corrected chi connectivity index (χ3v) is 4.24. The number of rotatable bonds is 7. The molecule has 0 amide bonds. The lowest BCUT2D eigenvalue weighted by Crippen LogP contribution is -2.21. The van der Waals surface area contributed by atoms with Crippen LogP contribution in [0.3, 0.4) is 0 Å². The van der Waals surface area contributed by atoms with E-state index in [0.717, 1.165) is 36.3 Å². The van der Waals surface area contributed by atoms with Crippen molar-refractivity contribution in [1.29, 1.82) is 5.26 Å². The molecule has 0 atom stereocenters. The molecule has 3 aromatic rings. The van der Waals surface area contributed by atoms with Gasteiger partial charge in [0.15, 0.2) is 0 Å². The molecule has 5 nitrogen and oxygen atoms in total. The van der Waals surface area contributed by atoms with Crippen LogP contribution in [0, 0.1) is 11.3 Å². The smallest absolute Gasteiger partial charge is 0.227 e. The summed E-state index contributed by atoms with van der Waals surface area (Å²) in [6, 6.07) is 21.5. The van der Waals surface area contributed by atoms with Gasteiger partial charge in [0, 0.05) is 30.9 Å². The number of hydrogen-bond acceptors (Lipinski definition) is 5. The average Bonchev–Trinajstić information content (AvgIpc) is 2.72. The summed E-state index contributed by atoms with van der Waals surface area (Å²) in [5.41, 5.74) is 3.34. The van der Waals surface area contributed by atoms with E-state index in [1.807, 2.05) is 61.6 Å². The van der Waals surface area contributed by atoms with E-state index in [4.69, 9.17) is 10.2 Å². The quantitative estimate of drug-likeness (QED) is 0.645. The van der Waals surface area contributed by atoms with Crippen molar-refractivity contribution in [3.05, 3.63) is 66.2 Å². The number of nitriles is 1. The molecule has 0 bridgehead atoms. The second kappa shape index (κ2) is 8.81. The fourth-order valence-electron chi connectivity index (χ4n) is 2.74. The van der Waals surface area contributed by atoms with Crippen molar-refractivity contribution < 1.29 is 0 Å². The van der Waals surface area contributed by atoms with Gasteiger partial charge in [-0.1, -0.05) is 49.7 Å². The van der Waals surface area contributed by atoms with Gasteiger partial charge in [-0.05, 0) is 24.6 Å². The van der Waals surface area contributed by atoms with E-state index in [1.54, 1.807) is 6.07 Å². The predicted molar refractivity (Wildman–Crippen MR) is 110 cm³/mol. The van der Waals surface area contributed by atoms with Gasteiger partial charge in [0.1, 0.15) is 5.82 Å². The minimum absolute atomic E-state index is 0.609. The average molecular weight is 357 g/mol. The van der Waals surface area contributed by atoms with Crippen LogP contribution in [0.1, 0.15) is 25.3 Å². The van der Waals surface area contributed by atoms with Crippen molar-refractivity contribution in [2.45, 2.75) is 19.8 Å². The Morgan fingerprint density at radius 3 is 2.59 bits per heavy atom. The lowest BCUT2D eigenvalue weighted by molar-refractivity contribution is 0.751. The number of unbranched alkanes of at least 4 members (excludes halogenated alkanes) is 1. The molecule has 5 heteroatoms. The fraction of sp³-hybridized carbons (Fsp3) is 0.227. The van der Waals surface area contributed by atoms with Gasteiger partial charge in [-0.25, -0.2) is 4.98 Å². The SMILES string of the molecule is CCCCN(C)c1nc(Nc2cccc(C#N)c2)cc(-c2ccccc2)n1. The molecular formula is C22H23N5. The van der Waals surface area contributed by atoms with Crippen LogP contribution >= 0.6 is 0 Å². The van der Waals surface area contributed by atoms with Crippen molar-refractivity contribution in [2.75, 3.05) is 23.8 Å². The maximum Gasteiger partial charge on any atom is 0.227 e. The molecule has 0 unspecified atom stereocenters. The summed E-state index contributed by atoms with van der Waals surface area (Å²) in [5, 5.41) is 12.4. The highest BCUT2D eigenvalue weighted by molar-refractivity contribution is 5.68. The van der Waals surface area contributed by atoms with E-state index < -0.39 is 0 Å². The fourth-order valence-corrected chi connectivity index (χ4v) is 2.74. The number of benzene rings is 2. The monoisotopic (exact) mass is 357 g/mol. The van der Waals surface area contributed by atoms with E-state index in [9.17, 15) is 0 Å². The van der Waals surface area contributed by atoms with Gasteiger partial charge < -0.3 is 10.2 Å². The first-order chi connectivity index (χ1) is 13.2. The zero-order valence-electron chi connectivity index (χ0n) is 15.7. The van der Waals surface area contributed by atoms with E-state index >= 15 is 0 Å². The molecule has 0 aliphatic heterocycles. The largest absolute Gasteiger partial charge is 0.344 e. The summed E-state index contributed by atoms with van der Waals surface area (Å²) in [5.74, 6) is 1.39. The van der Waals surface area contributed by atoms with Crippen LogP contribution in [0.5, 0.6) is 0 Å². The first kappa shape index (κ1) is 18.4. The molecule has 1 aromatic heterocycles. The van der Waals surface area contributed by atoms with Gasteiger partial charge in [0.05, 0.1) is 17.3 Å². The third-order valence-electron chi connectivity index (χ3n) is 4.24. The van der Waals surface area contributed by atoms with E-state index in [0.29, 0.717) is 17.3 Å². The van der Waals surface area contributed by atoms with Crippen molar-refractivity contribution >= 4 is 17.5 Å². The minimum atomic E-state index is 0.609. The number of nitrogens with one attached hydrogen (secondary N) is 1. The van der Waals surface area contributed by atoms with Gasteiger partial charge >= 0.3 is 0 Å². The Bertz CT molecular complexity index is 931. The molecule has 3 rings (SSSR count). The van der Waals surface area contributed by atoms with Crippen LogP contribution in [0.15, 0.2) is 60.7 Å². The molecule has 0 saturated carbocycles. The summed E-state index contributed by atoms with van der Waals surface area (Å²) in [6.07, 6.45) is 2.21. The highest BCUT2D eigenvalue weighted by atomic mass is 15.2. The molecule has 2 aromatic carbocycles.